The van der Waals surface area contributed by atoms with E-state index in [0.717, 1.165) is 16.2 Å². The van der Waals surface area contributed by atoms with E-state index in [4.69, 9.17) is 10.4 Å². The summed E-state index contributed by atoms with van der Waals surface area (Å²) in [5.74, 6) is -0.955. The van der Waals surface area contributed by atoms with Gasteiger partial charge < -0.3 is 10.4 Å². The van der Waals surface area contributed by atoms with Crippen LogP contribution in [0.3, 0.4) is 0 Å². The maximum absolute atomic E-state index is 10.4. The summed E-state index contributed by atoms with van der Waals surface area (Å²) in [6.45, 7) is 2.18. The number of rotatable bonds is 4. The van der Waals surface area contributed by atoms with Crippen molar-refractivity contribution >= 4 is 27.6 Å². The number of anilines is 1. The standard InChI is InChI=1S/C12H11BrN2O2/c1-8(4-12(16)17)7-15-11-3-2-9(6-14)5-10(11)13/h2-5,15H,7H2,1H3,(H,16,17)/b8-4-. The van der Waals surface area contributed by atoms with E-state index in [0.29, 0.717) is 17.7 Å². The minimum atomic E-state index is -0.955. The molecule has 1 aromatic rings. The number of carboxylic acids is 1. The van der Waals surface area contributed by atoms with Crippen LogP contribution in [0.4, 0.5) is 5.69 Å². The van der Waals surface area contributed by atoms with Gasteiger partial charge in [0.25, 0.3) is 0 Å². The number of nitrogens with one attached hydrogen (secondary N) is 1. The molecular weight excluding hydrogens is 284 g/mol. The third-order valence-corrected chi connectivity index (χ3v) is 2.68. The van der Waals surface area contributed by atoms with Crippen molar-refractivity contribution in [2.75, 3.05) is 11.9 Å². The molecule has 88 valence electrons. The fourth-order valence-electron chi connectivity index (χ4n) is 1.22. The Morgan fingerprint density at radius 3 is 2.88 bits per heavy atom. The third-order valence-electron chi connectivity index (χ3n) is 2.03. The smallest absolute Gasteiger partial charge is 0.328 e. The van der Waals surface area contributed by atoms with E-state index in [9.17, 15) is 4.79 Å². The van der Waals surface area contributed by atoms with Crippen LogP contribution in [0.25, 0.3) is 0 Å². The molecule has 1 rings (SSSR count). The average Bonchev–Trinajstić information content (AvgIpc) is 2.26. The summed E-state index contributed by atoms with van der Waals surface area (Å²) < 4.78 is 0.777. The zero-order chi connectivity index (χ0) is 12.8. The molecule has 0 aliphatic rings. The summed E-state index contributed by atoms with van der Waals surface area (Å²) in [7, 11) is 0. The lowest BCUT2D eigenvalue weighted by molar-refractivity contribution is -0.131. The summed E-state index contributed by atoms with van der Waals surface area (Å²) in [6, 6.07) is 7.22. The fraction of sp³-hybridized carbons (Fsp3) is 0.167. The third kappa shape index (κ3) is 4.29. The van der Waals surface area contributed by atoms with E-state index in [-0.39, 0.29) is 0 Å². The molecular formula is C12H11BrN2O2. The second-order valence-corrected chi connectivity index (χ2v) is 4.34. The second-order valence-electron chi connectivity index (χ2n) is 3.49. The molecule has 0 spiro atoms. The van der Waals surface area contributed by atoms with Gasteiger partial charge in [-0.3, -0.25) is 0 Å². The Hall–Kier alpha value is -1.80. The number of carbonyl (C=O) groups is 1. The van der Waals surface area contributed by atoms with Crippen molar-refractivity contribution in [1.82, 2.24) is 0 Å². The van der Waals surface area contributed by atoms with Gasteiger partial charge >= 0.3 is 5.97 Å². The number of halogens is 1. The van der Waals surface area contributed by atoms with E-state index in [2.05, 4.69) is 21.2 Å². The number of nitrogens with zero attached hydrogens (tertiary/aromatic N) is 1. The first-order chi connectivity index (χ1) is 8.02. The molecule has 0 atom stereocenters. The SMILES string of the molecule is C/C(=C/C(=O)O)CNc1ccc(C#N)cc1Br. The van der Waals surface area contributed by atoms with Crippen LogP contribution in [0.15, 0.2) is 34.3 Å². The number of benzene rings is 1. The van der Waals surface area contributed by atoms with E-state index < -0.39 is 5.97 Å². The van der Waals surface area contributed by atoms with Crippen molar-refractivity contribution in [2.45, 2.75) is 6.92 Å². The molecule has 0 heterocycles. The van der Waals surface area contributed by atoms with Crippen molar-refractivity contribution < 1.29 is 9.90 Å². The molecule has 0 aromatic heterocycles. The Morgan fingerprint density at radius 2 is 2.35 bits per heavy atom. The molecule has 2 N–H and O–H groups in total. The van der Waals surface area contributed by atoms with Crippen LogP contribution in [-0.4, -0.2) is 17.6 Å². The van der Waals surface area contributed by atoms with Gasteiger partial charge in [0.2, 0.25) is 0 Å². The number of nitriles is 1. The van der Waals surface area contributed by atoms with Gasteiger partial charge in [-0.15, -0.1) is 0 Å². The molecule has 0 radical (unpaired) electrons. The van der Waals surface area contributed by atoms with Crippen LogP contribution < -0.4 is 5.32 Å². The lowest BCUT2D eigenvalue weighted by atomic mass is 10.2. The molecule has 5 heteroatoms. The number of carboxylic acid groups (broad SMARTS) is 1. The van der Waals surface area contributed by atoms with Gasteiger partial charge in [0.15, 0.2) is 0 Å². The molecule has 4 nitrogen and oxygen atoms in total. The Morgan fingerprint density at radius 1 is 1.65 bits per heavy atom. The minimum absolute atomic E-state index is 0.441. The summed E-state index contributed by atoms with van der Waals surface area (Å²) >= 11 is 3.34. The minimum Gasteiger partial charge on any atom is -0.478 e. The molecule has 17 heavy (non-hydrogen) atoms. The molecule has 0 fully saturated rings. The molecule has 0 bridgehead atoms. The second kappa shape index (κ2) is 6.06. The average molecular weight is 295 g/mol. The van der Waals surface area contributed by atoms with Crippen molar-refractivity contribution in [1.29, 1.82) is 5.26 Å². The molecule has 0 amide bonds. The van der Waals surface area contributed by atoms with Crippen LogP contribution >= 0.6 is 15.9 Å². The van der Waals surface area contributed by atoms with Gasteiger partial charge in [0.1, 0.15) is 0 Å². The summed E-state index contributed by atoms with van der Waals surface area (Å²) in [4.78, 5) is 10.4. The number of hydrogen-bond acceptors (Lipinski definition) is 3. The highest BCUT2D eigenvalue weighted by molar-refractivity contribution is 9.10. The summed E-state index contributed by atoms with van der Waals surface area (Å²) in [5, 5.41) is 20.3. The van der Waals surface area contributed by atoms with Gasteiger partial charge in [0.05, 0.1) is 11.6 Å². The van der Waals surface area contributed by atoms with Crippen LogP contribution in [0.5, 0.6) is 0 Å². The van der Waals surface area contributed by atoms with E-state index in [1.807, 2.05) is 6.07 Å². The molecule has 1 aromatic carbocycles. The van der Waals surface area contributed by atoms with Crippen molar-refractivity contribution in [3.8, 4) is 6.07 Å². The predicted octanol–water partition coefficient (Wildman–Crippen LogP) is 2.76. The molecule has 0 aliphatic heterocycles. The van der Waals surface area contributed by atoms with Crippen LogP contribution in [0.2, 0.25) is 0 Å². The van der Waals surface area contributed by atoms with Crippen LogP contribution in [0.1, 0.15) is 12.5 Å². The summed E-state index contributed by atoms with van der Waals surface area (Å²) in [5.41, 5.74) is 2.11. The van der Waals surface area contributed by atoms with Crippen LogP contribution in [-0.2, 0) is 4.79 Å². The van der Waals surface area contributed by atoms with E-state index in [1.165, 1.54) is 0 Å². The molecule has 0 saturated carbocycles. The molecule has 0 unspecified atom stereocenters. The highest BCUT2D eigenvalue weighted by atomic mass is 79.9. The molecule has 0 saturated heterocycles. The maximum Gasteiger partial charge on any atom is 0.328 e. The van der Waals surface area contributed by atoms with E-state index >= 15 is 0 Å². The number of aliphatic carboxylic acids is 1. The first-order valence-electron chi connectivity index (χ1n) is 4.86. The Kier molecular flexibility index (Phi) is 4.73. The van der Waals surface area contributed by atoms with E-state index in [1.54, 1.807) is 25.1 Å². The maximum atomic E-state index is 10.4. The van der Waals surface area contributed by atoms with Crippen molar-refractivity contribution in [3.05, 3.63) is 39.9 Å². The molecule has 0 aliphatic carbocycles. The topological polar surface area (TPSA) is 73.1 Å². The fourth-order valence-corrected chi connectivity index (χ4v) is 1.74. The van der Waals surface area contributed by atoms with Gasteiger partial charge in [-0.2, -0.15) is 5.26 Å². The summed E-state index contributed by atoms with van der Waals surface area (Å²) in [6.07, 6.45) is 1.16. The normalized spacial score (nSPS) is 10.8. The monoisotopic (exact) mass is 294 g/mol. The predicted molar refractivity (Wildman–Crippen MR) is 68.7 cm³/mol. The van der Waals surface area contributed by atoms with Crippen molar-refractivity contribution in [2.24, 2.45) is 0 Å². The quantitative estimate of drug-likeness (QED) is 0.838. The van der Waals surface area contributed by atoms with Crippen molar-refractivity contribution in [3.63, 3.8) is 0 Å². The highest BCUT2D eigenvalue weighted by Crippen LogP contribution is 2.23. The lowest BCUT2D eigenvalue weighted by Crippen LogP contribution is -2.05. The Balaban J connectivity index is 2.71. The first kappa shape index (κ1) is 13.3. The van der Waals surface area contributed by atoms with Gasteiger partial charge in [-0.05, 0) is 46.6 Å². The first-order valence-corrected chi connectivity index (χ1v) is 5.66. The zero-order valence-corrected chi connectivity index (χ0v) is 10.8. The lowest BCUT2D eigenvalue weighted by Gasteiger charge is -2.08. The largest absolute Gasteiger partial charge is 0.478 e. The highest BCUT2D eigenvalue weighted by Gasteiger charge is 2.01. The Bertz CT molecular complexity index is 504. The van der Waals surface area contributed by atoms with Crippen LogP contribution in [0, 0.1) is 11.3 Å². The number of hydrogen-bond donors (Lipinski definition) is 2. The van der Waals surface area contributed by atoms with Gasteiger partial charge in [0, 0.05) is 22.8 Å². The Labute approximate surface area is 108 Å². The zero-order valence-electron chi connectivity index (χ0n) is 9.20. The van der Waals surface area contributed by atoms with Gasteiger partial charge in [-0.1, -0.05) is 0 Å². The van der Waals surface area contributed by atoms with Gasteiger partial charge in [-0.25, -0.2) is 4.79 Å².